The van der Waals surface area contributed by atoms with Crippen molar-refractivity contribution in [2.75, 3.05) is 46.4 Å². The summed E-state index contributed by atoms with van der Waals surface area (Å²) in [4.78, 5) is 7.07. The van der Waals surface area contributed by atoms with Gasteiger partial charge in [0, 0.05) is 45.5 Å². The second kappa shape index (κ2) is 14.1. The van der Waals surface area contributed by atoms with Crippen molar-refractivity contribution in [3.8, 4) is 0 Å². The van der Waals surface area contributed by atoms with Gasteiger partial charge in [-0.15, -0.1) is 24.0 Å². The zero-order valence-corrected chi connectivity index (χ0v) is 18.9. The van der Waals surface area contributed by atoms with Crippen LogP contribution in [0.3, 0.4) is 0 Å². The first kappa shape index (κ1) is 24.1. The first-order valence-corrected chi connectivity index (χ1v) is 9.69. The number of piperidine rings is 1. The van der Waals surface area contributed by atoms with Gasteiger partial charge in [0.1, 0.15) is 5.82 Å². The fourth-order valence-corrected chi connectivity index (χ4v) is 3.18. The Labute approximate surface area is 180 Å². The average Bonchev–Trinajstić information content (AvgIpc) is 2.66. The molecule has 2 N–H and O–H groups in total. The summed E-state index contributed by atoms with van der Waals surface area (Å²) in [5.41, 5.74) is 0.790. The Morgan fingerprint density at radius 2 is 2.00 bits per heavy atom. The van der Waals surface area contributed by atoms with E-state index in [0.717, 1.165) is 70.1 Å². The molecule has 5 nitrogen and oxygen atoms in total. The largest absolute Gasteiger partial charge is 0.385 e. The molecule has 1 saturated heterocycles. The summed E-state index contributed by atoms with van der Waals surface area (Å²) < 4.78 is 18.9. The van der Waals surface area contributed by atoms with Crippen molar-refractivity contribution in [1.82, 2.24) is 15.5 Å². The van der Waals surface area contributed by atoms with E-state index < -0.39 is 0 Å². The van der Waals surface area contributed by atoms with Gasteiger partial charge in [-0.1, -0.05) is 18.2 Å². The summed E-state index contributed by atoms with van der Waals surface area (Å²) in [6.07, 6.45) is 3.19. The van der Waals surface area contributed by atoms with Gasteiger partial charge in [0.25, 0.3) is 0 Å². The summed E-state index contributed by atoms with van der Waals surface area (Å²) in [6, 6.07) is 7.07. The molecule has 1 aromatic rings. The predicted molar refractivity (Wildman–Crippen MR) is 120 cm³/mol. The SMILES string of the molecule is CCNC(=NCC1CCN(Cc2ccccc2F)CC1)NCCCOC.I. The second-order valence-electron chi connectivity index (χ2n) is 6.80. The Kier molecular flexibility index (Phi) is 12.6. The second-order valence-corrected chi connectivity index (χ2v) is 6.80. The number of halogens is 2. The lowest BCUT2D eigenvalue weighted by atomic mass is 9.96. The molecular weight excluding hydrogens is 458 g/mol. The van der Waals surface area contributed by atoms with Gasteiger partial charge in [-0.3, -0.25) is 9.89 Å². The molecule has 1 aromatic carbocycles. The molecule has 0 spiro atoms. The van der Waals surface area contributed by atoms with Gasteiger partial charge < -0.3 is 15.4 Å². The van der Waals surface area contributed by atoms with Crippen molar-refractivity contribution in [2.24, 2.45) is 10.9 Å². The highest BCUT2D eigenvalue weighted by atomic mass is 127. The summed E-state index contributed by atoms with van der Waals surface area (Å²) >= 11 is 0. The van der Waals surface area contributed by atoms with Crippen LogP contribution in [-0.2, 0) is 11.3 Å². The lowest BCUT2D eigenvalue weighted by Gasteiger charge is -2.31. The molecule has 2 rings (SSSR count). The van der Waals surface area contributed by atoms with E-state index >= 15 is 0 Å². The van der Waals surface area contributed by atoms with Crippen molar-refractivity contribution in [3.05, 3.63) is 35.6 Å². The van der Waals surface area contributed by atoms with E-state index in [0.29, 0.717) is 12.5 Å². The molecule has 27 heavy (non-hydrogen) atoms. The fourth-order valence-electron chi connectivity index (χ4n) is 3.18. The van der Waals surface area contributed by atoms with E-state index in [1.54, 1.807) is 19.2 Å². The van der Waals surface area contributed by atoms with Gasteiger partial charge in [0.2, 0.25) is 0 Å². The van der Waals surface area contributed by atoms with Gasteiger partial charge in [0.05, 0.1) is 0 Å². The van der Waals surface area contributed by atoms with E-state index in [2.05, 4.69) is 22.5 Å². The highest BCUT2D eigenvalue weighted by Gasteiger charge is 2.19. The molecule has 0 amide bonds. The van der Waals surface area contributed by atoms with Gasteiger partial charge in [-0.05, 0) is 51.3 Å². The quantitative estimate of drug-likeness (QED) is 0.241. The minimum absolute atomic E-state index is 0. The molecule has 1 aliphatic heterocycles. The topological polar surface area (TPSA) is 48.9 Å². The van der Waals surface area contributed by atoms with Crippen LogP contribution < -0.4 is 10.6 Å². The van der Waals surface area contributed by atoms with Crippen LogP contribution in [0.1, 0.15) is 31.7 Å². The molecule has 7 heteroatoms. The van der Waals surface area contributed by atoms with Crippen molar-refractivity contribution in [3.63, 3.8) is 0 Å². The maximum atomic E-state index is 13.8. The molecule has 0 bridgehead atoms. The first-order valence-electron chi connectivity index (χ1n) is 9.69. The number of hydrogen-bond donors (Lipinski definition) is 2. The molecule has 1 fully saturated rings. The number of nitrogens with one attached hydrogen (secondary N) is 2. The van der Waals surface area contributed by atoms with Gasteiger partial charge in [-0.25, -0.2) is 4.39 Å². The van der Waals surface area contributed by atoms with E-state index in [9.17, 15) is 4.39 Å². The molecule has 0 atom stereocenters. The molecule has 0 radical (unpaired) electrons. The number of guanidine groups is 1. The summed E-state index contributed by atoms with van der Waals surface area (Å²) in [5.74, 6) is 1.38. The van der Waals surface area contributed by atoms with Gasteiger partial charge in [0.15, 0.2) is 5.96 Å². The highest BCUT2D eigenvalue weighted by Crippen LogP contribution is 2.20. The van der Waals surface area contributed by atoms with Crippen LogP contribution in [0.2, 0.25) is 0 Å². The standard InChI is InChI=1S/C20H33FN4O.HI/c1-3-22-20(23-11-6-14-26-2)24-15-17-9-12-25(13-10-17)16-18-7-4-5-8-19(18)21;/h4-5,7-8,17H,3,6,9-16H2,1-2H3,(H2,22,23,24);1H. The maximum Gasteiger partial charge on any atom is 0.191 e. The number of likely N-dealkylation sites (tertiary alicyclic amines) is 1. The first-order chi connectivity index (χ1) is 12.7. The minimum atomic E-state index is -0.103. The molecular formula is C20H34FIN4O. The Bertz CT molecular complexity index is 551. The third-order valence-corrected chi connectivity index (χ3v) is 4.73. The Morgan fingerprint density at radius 1 is 1.26 bits per heavy atom. The Hall–Kier alpha value is -0.930. The van der Waals surface area contributed by atoms with Crippen molar-refractivity contribution in [1.29, 1.82) is 0 Å². The van der Waals surface area contributed by atoms with E-state index in [1.165, 1.54) is 0 Å². The van der Waals surface area contributed by atoms with Crippen molar-refractivity contribution >= 4 is 29.9 Å². The molecule has 0 unspecified atom stereocenters. The number of aliphatic imine (C=N–C) groups is 1. The zero-order valence-electron chi connectivity index (χ0n) is 16.5. The summed E-state index contributed by atoms with van der Waals surface area (Å²) in [6.45, 7) is 8.11. The predicted octanol–water partition coefficient (Wildman–Crippen LogP) is 3.25. The van der Waals surface area contributed by atoms with Gasteiger partial charge in [-0.2, -0.15) is 0 Å². The van der Waals surface area contributed by atoms with Gasteiger partial charge >= 0.3 is 0 Å². The van der Waals surface area contributed by atoms with Crippen LogP contribution in [0.15, 0.2) is 29.3 Å². The van der Waals surface area contributed by atoms with Crippen LogP contribution in [0, 0.1) is 11.7 Å². The summed E-state index contributed by atoms with van der Waals surface area (Å²) in [5, 5.41) is 6.64. The lowest BCUT2D eigenvalue weighted by Crippen LogP contribution is -2.39. The Balaban J connectivity index is 0.00000364. The monoisotopic (exact) mass is 492 g/mol. The molecule has 1 aliphatic rings. The van der Waals surface area contributed by atoms with Crippen LogP contribution >= 0.6 is 24.0 Å². The van der Waals surface area contributed by atoms with Crippen LogP contribution in [0.4, 0.5) is 4.39 Å². The third kappa shape index (κ3) is 9.21. The molecule has 0 aliphatic carbocycles. The lowest BCUT2D eigenvalue weighted by molar-refractivity contribution is 0.179. The number of methoxy groups -OCH3 is 1. The molecule has 154 valence electrons. The average molecular weight is 492 g/mol. The molecule has 0 aromatic heterocycles. The van der Waals surface area contributed by atoms with Crippen molar-refractivity contribution < 1.29 is 9.13 Å². The minimum Gasteiger partial charge on any atom is -0.385 e. The number of ether oxygens (including phenoxy) is 1. The maximum absolute atomic E-state index is 13.8. The van der Waals surface area contributed by atoms with Crippen molar-refractivity contribution in [2.45, 2.75) is 32.7 Å². The van der Waals surface area contributed by atoms with Crippen LogP contribution in [0.25, 0.3) is 0 Å². The number of hydrogen-bond acceptors (Lipinski definition) is 3. The number of rotatable bonds is 9. The summed E-state index contributed by atoms with van der Waals surface area (Å²) in [7, 11) is 1.72. The Morgan fingerprint density at radius 3 is 2.67 bits per heavy atom. The third-order valence-electron chi connectivity index (χ3n) is 4.73. The zero-order chi connectivity index (χ0) is 18.6. The highest BCUT2D eigenvalue weighted by molar-refractivity contribution is 14.0. The molecule has 1 heterocycles. The molecule has 0 saturated carbocycles. The van der Waals surface area contributed by atoms with E-state index in [4.69, 9.17) is 9.73 Å². The van der Waals surface area contributed by atoms with Crippen LogP contribution in [-0.4, -0.2) is 57.3 Å². The van der Waals surface area contributed by atoms with E-state index in [1.807, 2.05) is 12.1 Å². The van der Waals surface area contributed by atoms with E-state index in [-0.39, 0.29) is 29.8 Å². The normalized spacial score (nSPS) is 16.0. The smallest absolute Gasteiger partial charge is 0.191 e. The number of nitrogens with zero attached hydrogens (tertiary/aromatic N) is 2. The van der Waals surface area contributed by atoms with Crippen LogP contribution in [0.5, 0.6) is 0 Å². The number of benzene rings is 1. The fraction of sp³-hybridized carbons (Fsp3) is 0.650.